The van der Waals surface area contributed by atoms with Crippen molar-refractivity contribution in [1.29, 1.82) is 0 Å². The minimum absolute atomic E-state index is 0.175. The van der Waals surface area contributed by atoms with Gasteiger partial charge in [0, 0.05) is 19.8 Å². The van der Waals surface area contributed by atoms with E-state index >= 15 is 0 Å². The smallest absolute Gasteiger partial charge is 0.223 e. The quantitative estimate of drug-likeness (QED) is 0.482. The van der Waals surface area contributed by atoms with Gasteiger partial charge in [-0.25, -0.2) is 0 Å². The molecule has 0 bridgehead atoms. The highest BCUT2D eigenvalue weighted by molar-refractivity contribution is 5.76. The number of methoxy groups -OCH3 is 1. The van der Waals surface area contributed by atoms with Gasteiger partial charge < -0.3 is 34.7 Å². The van der Waals surface area contributed by atoms with Crippen LogP contribution in [0.2, 0.25) is 0 Å². The monoisotopic (exact) mass is 471 g/mol. The molecule has 0 saturated carbocycles. The van der Waals surface area contributed by atoms with E-state index < -0.39 is 12.1 Å². The fraction of sp³-hybridized carbons (Fsp3) is 0.480. The van der Waals surface area contributed by atoms with Gasteiger partial charge in [0.25, 0.3) is 0 Å². The van der Waals surface area contributed by atoms with E-state index in [0.717, 1.165) is 31.9 Å². The summed E-state index contributed by atoms with van der Waals surface area (Å²) in [5, 5.41) is 17.6. The topological polar surface area (TPSA) is 102 Å². The Bertz CT molecular complexity index is 933. The molecule has 2 atom stereocenters. The Morgan fingerprint density at radius 1 is 1.15 bits per heavy atom. The van der Waals surface area contributed by atoms with Gasteiger partial charge in [0.05, 0.1) is 26.2 Å². The number of ether oxygens (including phenoxy) is 4. The standard InChI is InChI=1S/C25H33N3O6/c1-31-19-4-6-20(7-5-19)32-12-9-24(29)27-21(16-28-11-2-10-26-17-28)25(30)18-3-8-22-23(15-18)34-14-13-33-22/h3-8,15,21,25-26,30H,2,9-14,16-17H2,1H3,(H,27,29)/t21-,25-/m1/s1. The van der Waals surface area contributed by atoms with Crippen molar-refractivity contribution < 1.29 is 28.8 Å². The van der Waals surface area contributed by atoms with Crippen molar-refractivity contribution in [2.75, 3.05) is 53.2 Å². The van der Waals surface area contributed by atoms with Crippen LogP contribution < -0.4 is 29.6 Å². The van der Waals surface area contributed by atoms with Crippen LogP contribution >= 0.6 is 0 Å². The Morgan fingerprint density at radius 2 is 1.91 bits per heavy atom. The minimum Gasteiger partial charge on any atom is -0.497 e. The first kappa shape index (κ1) is 24.1. The van der Waals surface area contributed by atoms with Gasteiger partial charge >= 0.3 is 0 Å². The number of carbonyl (C=O) groups excluding carboxylic acids is 1. The fourth-order valence-electron chi connectivity index (χ4n) is 4.09. The second-order valence-corrected chi connectivity index (χ2v) is 8.38. The minimum atomic E-state index is -0.899. The third kappa shape index (κ3) is 6.53. The summed E-state index contributed by atoms with van der Waals surface area (Å²) in [5.41, 5.74) is 0.675. The number of aliphatic hydroxyl groups excluding tert-OH is 1. The molecule has 2 aliphatic heterocycles. The average molecular weight is 472 g/mol. The van der Waals surface area contributed by atoms with Crippen LogP contribution in [0.25, 0.3) is 0 Å². The molecule has 3 N–H and O–H groups in total. The van der Waals surface area contributed by atoms with Crippen molar-refractivity contribution in [3.8, 4) is 23.0 Å². The maximum Gasteiger partial charge on any atom is 0.223 e. The first-order valence-corrected chi connectivity index (χ1v) is 11.7. The van der Waals surface area contributed by atoms with E-state index in [0.29, 0.717) is 42.6 Å². The third-order valence-electron chi connectivity index (χ3n) is 5.91. The van der Waals surface area contributed by atoms with E-state index in [1.54, 1.807) is 31.4 Å². The molecular weight excluding hydrogens is 438 g/mol. The summed E-state index contributed by atoms with van der Waals surface area (Å²) < 4.78 is 22.1. The van der Waals surface area contributed by atoms with E-state index in [9.17, 15) is 9.90 Å². The number of benzene rings is 2. The number of rotatable bonds is 10. The number of nitrogens with zero attached hydrogens (tertiary/aromatic N) is 1. The fourth-order valence-corrected chi connectivity index (χ4v) is 4.09. The highest BCUT2D eigenvalue weighted by Gasteiger charge is 2.27. The van der Waals surface area contributed by atoms with Gasteiger partial charge in [0.15, 0.2) is 11.5 Å². The Balaban J connectivity index is 1.37. The van der Waals surface area contributed by atoms with Gasteiger partial charge in [-0.05, 0) is 54.9 Å². The Hall–Kier alpha value is -3.01. The van der Waals surface area contributed by atoms with Gasteiger partial charge in [-0.2, -0.15) is 0 Å². The van der Waals surface area contributed by atoms with Crippen LogP contribution in [0, 0.1) is 0 Å². The molecule has 0 radical (unpaired) electrons. The first-order valence-electron chi connectivity index (χ1n) is 11.7. The normalized spacial score (nSPS) is 17.5. The summed E-state index contributed by atoms with van der Waals surface area (Å²) in [7, 11) is 1.61. The molecule has 0 spiro atoms. The molecule has 4 rings (SSSR count). The lowest BCUT2D eigenvalue weighted by Gasteiger charge is -2.33. The Morgan fingerprint density at radius 3 is 2.65 bits per heavy atom. The van der Waals surface area contributed by atoms with Crippen molar-refractivity contribution in [2.45, 2.75) is 25.0 Å². The lowest BCUT2D eigenvalue weighted by molar-refractivity contribution is -0.123. The SMILES string of the molecule is COc1ccc(OCCC(=O)N[C@H](CN2CCCNC2)[C@H](O)c2ccc3c(c2)OCCO3)cc1. The van der Waals surface area contributed by atoms with E-state index in [-0.39, 0.29) is 18.9 Å². The highest BCUT2D eigenvalue weighted by Crippen LogP contribution is 2.33. The Kier molecular flexibility index (Phi) is 8.46. The summed E-state index contributed by atoms with van der Waals surface area (Å²) in [4.78, 5) is 15.0. The van der Waals surface area contributed by atoms with Crippen LogP contribution in [-0.4, -0.2) is 75.2 Å². The van der Waals surface area contributed by atoms with Crippen LogP contribution in [0.5, 0.6) is 23.0 Å². The molecular formula is C25H33N3O6. The highest BCUT2D eigenvalue weighted by atomic mass is 16.6. The molecule has 2 aromatic carbocycles. The number of amides is 1. The molecule has 1 amide bonds. The summed E-state index contributed by atoms with van der Waals surface area (Å²) in [6, 6.07) is 12.1. The van der Waals surface area contributed by atoms with E-state index in [2.05, 4.69) is 15.5 Å². The number of nitrogens with one attached hydrogen (secondary N) is 2. The van der Waals surface area contributed by atoms with Crippen molar-refractivity contribution in [1.82, 2.24) is 15.5 Å². The summed E-state index contributed by atoms with van der Waals surface area (Å²) >= 11 is 0. The molecule has 0 aromatic heterocycles. The van der Waals surface area contributed by atoms with Crippen LogP contribution in [0.15, 0.2) is 42.5 Å². The molecule has 1 fully saturated rings. The van der Waals surface area contributed by atoms with E-state index in [1.165, 1.54) is 0 Å². The van der Waals surface area contributed by atoms with Crippen molar-refractivity contribution in [3.63, 3.8) is 0 Å². The number of hydrogen-bond acceptors (Lipinski definition) is 8. The zero-order chi connectivity index (χ0) is 23.8. The lowest BCUT2D eigenvalue weighted by Crippen LogP contribution is -2.51. The molecule has 0 aliphatic carbocycles. The van der Waals surface area contributed by atoms with Crippen LogP contribution in [-0.2, 0) is 4.79 Å². The molecule has 9 nitrogen and oxygen atoms in total. The number of fused-ring (bicyclic) bond motifs is 1. The molecule has 184 valence electrons. The second kappa shape index (κ2) is 11.9. The third-order valence-corrected chi connectivity index (χ3v) is 5.91. The maximum atomic E-state index is 12.8. The zero-order valence-corrected chi connectivity index (χ0v) is 19.5. The van der Waals surface area contributed by atoms with Gasteiger partial charge in [0.1, 0.15) is 30.8 Å². The lowest BCUT2D eigenvalue weighted by atomic mass is 10.0. The first-order chi connectivity index (χ1) is 16.6. The van der Waals surface area contributed by atoms with Crippen molar-refractivity contribution in [3.05, 3.63) is 48.0 Å². The second-order valence-electron chi connectivity index (χ2n) is 8.38. The molecule has 9 heteroatoms. The Labute approximate surface area is 199 Å². The zero-order valence-electron chi connectivity index (χ0n) is 19.5. The van der Waals surface area contributed by atoms with E-state index in [1.807, 2.05) is 18.2 Å². The predicted molar refractivity (Wildman–Crippen MR) is 126 cm³/mol. The average Bonchev–Trinajstić information content (AvgIpc) is 2.88. The molecule has 1 saturated heterocycles. The van der Waals surface area contributed by atoms with Crippen LogP contribution in [0.1, 0.15) is 24.5 Å². The number of aliphatic hydroxyl groups is 1. The van der Waals surface area contributed by atoms with Crippen LogP contribution in [0.3, 0.4) is 0 Å². The largest absolute Gasteiger partial charge is 0.497 e. The van der Waals surface area contributed by atoms with Crippen molar-refractivity contribution in [2.24, 2.45) is 0 Å². The summed E-state index contributed by atoms with van der Waals surface area (Å²) in [6.07, 6.45) is 0.301. The summed E-state index contributed by atoms with van der Waals surface area (Å²) in [6.45, 7) is 4.34. The molecule has 2 aliphatic rings. The van der Waals surface area contributed by atoms with Gasteiger partial charge in [-0.3, -0.25) is 9.69 Å². The predicted octanol–water partition coefficient (Wildman–Crippen LogP) is 1.71. The number of carbonyl (C=O) groups is 1. The molecule has 0 unspecified atom stereocenters. The van der Waals surface area contributed by atoms with Crippen LogP contribution in [0.4, 0.5) is 0 Å². The van der Waals surface area contributed by atoms with Gasteiger partial charge in [0.2, 0.25) is 5.91 Å². The summed E-state index contributed by atoms with van der Waals surface area (Å²) in [5.74, 6) is 2.51. The molecule has 2 heterocycles. The molecule has 2 aromatic rings. The van der Waals surface area contributed by atoms with E-state index in [4.69, 9.17) is 18.9 Å². The van der Waals surface area contributed by atoms with Gasteiger partial charge in [-0.1, -0.05) is 6.07 Å². The van der Waals surface area contributed by atoms with Gasteiger partial charge in [-0.15, -0.1) is 0 Å². The van der Waals surface area contributed by atoms with Crippen molar-refractivity contribution >= 4 is 5.91 Å². The number of hydrogen-bond donors (Lipinski definition) is 3. The molecule has 34 heavy (non-hydrogen) atoms. The maximum absolute atomic E-state index is 12.8.